The number of aliphatic imine (C=N–C) groups is 1. The third-order valence-corrected chi connectivity index (χ3v) is 3.21. The van der Waals surface area contributed by atoms with Crippen LogP contribution >= 0.6 is 23.2 Å². The second-order valence-electron chi connectivity index (χ2n) is 3.64. The third-order valence-electron chi connectivity index (χ3n) is 2.49. The van der Waals surface area contributed by atoms with E-state index in [0.29, 0.717) is 10.0 Å². The Bertz CT molecular complexity index is 604. The van der Waals surface area contributed by atoms with Crippen LogP contribution in [0.1, 0.15) is 0 Å². The van der Waals surface area contributed by atoms with Crippen LogP contribution in [0.25, 0.3) is 11.0 Å². The van der Waals surface area contributed by atoms with Gasteiger partial charge in [0.1, 0.15) is 6.33 Å². The molecule has 0 fully saturated rings. The van der Waals surface area contributed by atoms with Crippen LogP contribution in [0.15, 0.2) is 23.5 Å². The summed E-state index contributed by atoms with van der Waals surface area (Å²) >= 11 is 11.9. The highest BCUT2D eigenvalue weighted by atomic mass is 35.5. The summed E-state index contributed by atoms with van der Waals surface area (Å²) in [5, 5.41) is 4.12. The van der Waals surface area contributed by atoms with Gasteiger partial charge in [0.15, 0.2) is 0 Å². The first-order chi connectivity index (χ1) is 8.24. The zero-order chi connectivity index (χ0) is 11.8. The fraction of sp³-hybridized carbons (Fsp3) is 0.200. The van der Waals surface area contributed by atoms with Crippen LogP contribution in [0.2, 0.25) is 10.0 Å². The van der Waals surface area contributed by atoms with E-state index < -0.39 is 0 Å². The second-order valence-corrected chi connectivity index (χ2v) is 4.45. The molecule has 0 spiro atoms. The molecule has 1 aliphatic heterocycles. The van der Waals surface area contributed by atoms with Gasteiger partial charge in [-0.3, -0.25) is 10.4 Å². The fourth-order valence-corrected chi connectivity index (χ4v) is 2.00. The van der Waals surface area contributed by atoms with Gasteiger partial charge in [-0.05, 0) is 12.1 Å². The molecule has 2 N–H and O–H groups in total. The van der Waals surface area contributed by atoms with E-state index in [1.807, 2.05) is 0 Å². The molecule has 0 bridgehead atoms. The van der Waals surface area contributed by atoms with Crippen molar-refractivity contribution in [2.45, 2.75) is 0 Å². The molecule has 1 aliphatic rings. The van der Waals surface area contributed by atoms with E-state index in [-0.39, 0.29) is 0 Å². The quantitative estimate of drug-likeness (QED) is 0.831. The Morgan fingerprint density at radius 3 is 2.88 bits per heavy atom. The standard InChI is InChI=1S/C10H9Cl2N5/c11-6-3-8-9(4-7(6)12)17(5-15-8)16-10-13-1-2-14-10/h3-5H,1-2H2,(H2,13,14,16). The van der Waals surface area contributed by atoms with Crippen molar-refractivity contribution in [1.29, 1.82) is 0 Å². The first-order valence-corrected chi connectivity index (χ1v) is 5.87. The van der Waals surface area contributed by atoms with Crippen molar-refractivity contribution in [2.75, 3.05) is 18.5 Å². The second kappa shape index (κ2) is 4.09. The molecule has 88 valence electrons. The fourth-order valence-electron chi connectivity index (χ4n) is 1.68. The molecule has 2 heterocycles. The number of aromatic nitrogens is 2. The van der Waals surface area contributed by atoms with Gasteiger partial charge in [0.25, 0.3) is 0 Å². The van der Waals surface area contributed by atoms with E-state index in [2.05, 4.69) is 20.7 Å². The molecule has 5 nitrogen and oxygen atoms in total. The number of guanidine groups is 1. The summed E-state index contributed by atoms with van der Waals surface area (Å²) in [4.78, 5) is 8.48. The van der Waals surface area contributed by atoms with E-state index in [4.69, 9.17) is 23.2 Å². The minimum Gasteiger partial charge on any atom is -0.353 e. The van der Waals surface area contributed by atoms with Gasteiger partial charge >= 0.3 is 0 Å². The van der Waals surface area contributed by atoms with Gasteiger partial charge in [-0.1, -0.05) is 23.2 Å². The molecule has 0 radical (unpaired) electrons. The topological polar surface area (TPSA) is 54.2 Å². The Morgan fingerprint density at radius 2 is 2.12 bits per heavy atom. The molecule has 0 aliphatic carbocycles. The van der Waals surface area contributed by atoms with Crippen molar-refractivity contribution < 1.29 is 0 Å². The minimum absolute atomic E-state index is 0.501. The number of hydrogen-bond donors (Lipinski definition) is 2. The summed E-state index contributed by atoms with van der Waals surface area (Å²) in [6.45, 7) is 1.63. The highest BCUT2D eigenvalue weighted by Crippen LogP contribution is 2.26. The molecular formula is C10H9Cl2N5. The Balaban J connectivity index is 2.02. The SMILES string of the molecule is Clc1cc2ncn(NC3=NCCN3)c2cc1Cl. The maximum Gasteiger partial charge on any atom is 0.211 e. The van der Waals surface area contributed by atoms with Crippen LogP contribution in [0, 0.1) is 0 Å². The summed E-state index contributed by atoms with van der Waals surface area (Å²) in [5.41, 5.74) is 4.74. The van der Waals surface area contributed by atoms with Gasteiger partial charge in [0.05, 0.1) is 27.6 Å². The highest BCUT2D eigenvalue weighted by molar-refractivity contribution is 6.42. The third kappa shape index (κ3) is 1.92. The van der Waals surface area contributed by atoms with E-state index in [0.717, 1.165) is 30.1 Å². The lowest BCUT2D eigenvalue weighted by atomic mass is 10.3. The van der Waals surface area contributed by atoms with Crippen LogP contribution in [0.5, 0.6) is 0 Å². The van der Waals surface area contributed by atoms with Gasteiger partial charge in [-0.15, -0.1) is 0 Å². The molecule has 0 amide bonds. The number of hydrogen-bond acceptors (Lipinski definition) is 4. The molecule has 17 heavy (non-hydrogen) atoms. The molecule has 1 aromatic carbocycles. The highest BCUT2D eigenvalue weighted by Gasteiger charge is 2.09. The Labute approximate surface area is 107 Å². The van der Waals surface area contributed by atoms with Crippen LogP contribution < -0.4 is 10.7 Å². The van der Waals surface area contributed by atoms with Crippen LogP contribution in [0.4, 0.5) is 0 Å². The molecule has 3 rings (SSSR count). The minimum atomic E-state index is 0.501. The Morgan fingerprint density at radius 1 is 1.29 bits per heavy atom. The summed E-state index contributed by atoms with van der Waals surface area (Å²) in [5.74, 6) is 0.732. The van der Waals surface area contributed by atoms with E-state index in [9.17, 15) is 0 Å². The molecule has 0 saturated carbocycles. The number of nitrogens with zero attached hydrogens (tertiary/aromatic N) is 3. The zero-order valence-electron chi connectivity index (χ0n) is 8.74. The van der Waals surface area contributed by atoms with Gasteiger partial charge in [-0.25, -0.2) is 9.66 Å². The number of fused-ring (bicyclic) bond motifs is 1. The molecule has 0 atom stereocenters. The largest absolute Gasteiger partial charge is 0.353 e. The van der Waals surface area contributed by atoms with Crippen LogP contribution in [-0.4, -0.2) is 28.7 Å². The van der Waals surface area contributed by atoms with Crippen molar-refractivity contribution >= 4 is 40.2 Å². The van der Waals surface area contributed by atoms with Gasteiger partial charge in [-0.2, -0.15) is 0 Å². The number of imidazole rings is 1. The van der Waals surface area contributed by atoms with Gasteiger partial charge < -0.3 is 5.32 Å². The first-order valence-electron chi connectivity index (χ1n) is 5.11. The normalized spacial score (nSPS) is 14.8. The number of benzene rings is 1. The molecule has 1 aromatic heterocycles. The van der Waals surface area contributed by atoms with Gasteiger partial charge in [0, 0.05) is 6.54 Å². The summed E-state index contributed by atoms with van der Waals surface area (Å²) < 4.78 is 1.76. The Hall–Kier alpha value is -1.46. The predicted molar refractivity (Wildman–Crippen MR) is 69.4 cm³/mol. The summed E-state index contributed by atoms with van der Waals surface area (Å²) in [6, 6.07) is 3.51. The molecule has 0 saturated heterocycles. The predicted octanol–water partition coefficient (Wildman–Crippen LogP) is 1.85. The maximum absolute atomic E-state index is 5.99. The Kier molecular flexibility index (Phi) is 2.57. The van der Waals surface area contributed by atoms with Crippen LogP contribution in [0.3, 0.4) is 0 Å². The first kappa shape index (κ1) is 10.7. The number of rotatable bonds is 1. The van der Waals surface area contributed by atoms with E-state index in [1.54, 1.807) is 23.1 Å². The summed E-state index contributed by atoms with van der Waals surface area (Å²) in [7, 11) is 0. The number of halogens is 2. The molecule has 7 heteroatoms. The summed E-state index contributed by atoms with van der Waals surface area (Å²) in [6.07, 6.45) is 1.67. The average molecular weight is 270 g/mol. The maximum atomic E-state index is 5.99. The lowest BCUT2D eigenvalue weighted by Gasteiger charge is -2.08. The van der Waals surface area contributed by atoms with Crippen LogP contribution in [-0.2, 0) is 0 Å². The molecule has 2 aromatic rings. The van der Waals surface area contributed by atoms with Crippen molar-refractivity contribution in [3.63, 3.8) is 0 Å². The number of nitrogens with one attached hydrogen (secondary N) is 2. The molecular weight excluding hydrogens is 261 g/mol. The van der Waals surface area contributed by atoms with E-state index >= 15 is 0 Å². The lowest BCUT2D eigenvalue weighted by molar-refractivity contribution is 0.937. The van der Waals surface area contributed by atoms with Crippen molar-refractivity contribution in [1.82, 2.24) is 15.0 Å². The van der Waals surface area contributed by atoms with Crippen molar-refractivity contribution in [3.05, 3.63) is 28.5 Å². The van der Waals surface area contributed by atoms with Crippen molar-refractivity contribution in [2.24, 2.45) is 4.99 Å². The lowest BCUT2D eigenvalue weighted by Crippen LogP contribution is -2.31. The monoisotopic (exact) mass is 269 g/mol. The zero-order valence-corrected chi connectivity index (χ0v) is 10.3. The molecule has 0 unspecified atom stereocenters. The smallest absolute Gasteiger partial charge is 0.211 e. The average Bonchev–Trinajstić information content (AvgIpc) is 2.92. The van der Waals surface area contributed by atoms with Gasteiger partial charge in [0.2, 0.25) is 5.96 Å². The van der Waals surface area contributed by atoms with Crippen molar-refractivity contribution in [3.8, 4) is 0 Å². The van der Waals surface area contributed by atoms with E-state index in [1.165, 1.54) is 0 Å².